The molecule has 0 aliphatic rings. The third-order valence-corrected chi connectivity index (χ3v) is 5.44. The fraction of sp³-hybridized carbons (Fsp3) is 0.154. The summed E-state index contributed by atoms with van der Waals surface area (Å²) in [6.45, 7) is 4.17. The summed E-state index contributed by atoms with van der Waals surface area (Å²) in [5, 5.41) is 13.4. The number of benzene rings is 2. The van der Waals surface area contributed by atoms with Crippen molar-refractivity contribution in [1.29, 1.82) is 0 Å². The Balaban J connectivity index is 1.69. The van der Waals surface area contributed by atoms with Crippen molar-refractivity contribution in [2.24, 2.45) is 10.7 Å². The van der Waals surface area contributed by atoms with Crippen molar-refractivity contribution < 1.29 is 14.6 Å². The quantitative estimate of drug-likeness (QED) is 0.248. The smallest absolute Gasteiger partial charge is 0.256 e. The van der Waals surface area contributed by atoms with Gasteiger partial charge in [0, 0.05) is 35.6 Å². The molecule has 9 nitrogen and oxygen atoms in total. The summed E-state index contributed by atoms with van der Waals surface area (Å²) in [4.78, 5) is 29.2. The minimum absolute atomic E-state index is 0.0677. The number of nitrogens with zero attached hydrogens (tertiary/aromatic N) is 3. The average Bonchev–Trinajstić information content (AvgIpc) is 3.31. The van der Waals surface area contributed by atoms with Crippen LogP contribution in [0.1, 0.15) is 24.2 Å². The molecule has 9 heteroatoms. The predicted octanol–water partition coefficient (Wildman–Crippen LogP) is 4.02. The third kappa shape index (κ3) is 4.84. The van der Waals surface area contributed by atoms with Crippen molar-refractivity contribution in [2.45, 2.75) is 13.8 Å². The summed E-state index contributed by atoms with van der Waals surface area (Å²) in [6, 6.07) is 14.1. The monoisotopic (exact) mass is 470 g/mol. The molecule has 2 heterocycles. The second-order valence-corrected chi connectivity index (χ2v) is 7.74. The highest BCUT2D eigenvalue weighted by Crippen LogP contribution is 2.35. The van der Waals surface area contributed by atoms with Crippen LogP contribution in [0.4, 0.5) is 0 Å². The van der Waals surface area contributed by atoms with Crippen molar-refractivity contribution in [2.75, 3.05) is 13.7 Å². The Morgan fingerprint density at radius 1 is 1.23 bits per heavy atom. The number of amidine groups is 1. The van der Waals surface area contributed by atoms with E-state index in [0.29, 0.717) is 51.8 Å². The van der Waals surface area contributed by atoms with Gasteiger partial charge in [0.15, 0.2) is 0 Å². The minimum Gasteiger partial charge on any atom is -0.507 e. The number of aromatic amines is 1. The van der Waals surface area contributed by atoms with Crippen LogP contribution in [0.25, 0.3) is 33.5 Å². The number of methoxy groups -OCH3 is 1. The Labute approximate surface area is 202 Å². The van der Waals surface area contributed by atoms with Gasteiger partial charge in [0.25, 0.3) is 5.91 Å². The Bertz CT molecular complexity index is 1450. The lowest BCUT2D eigenvalue weighted by Gasteiger charge is -2.09. The average molecular weight is 471 g/mol. The molecule has 178 valence electrons. The number of fused-ring (bicyclic) bond motifs is 1. The molecule has 5 N–H and O–H groups in total. The number of hydrogen-bond donors (Lipinski definition) is 4. The molecule has 0 saturated heterocycles. The molecule has 2 aromatic heterocycles. The van der Waals surface area contributed by atoms with E-state index in [2.05, 4.69) is 25.3 Å². The van der Waals surface area contributed by atoms with E-state index >= 15 is 0 Å². The molecule has 35 heavy (non-hydrogen) atoms. The number of nitrogens with two attached hydrogens (primary N) is 1. The van der Waals surface area contributed by atoms with Gasteiger partial charge >= 0.3 is 0 Å². The largest absolute Gasteiger partial charge is 0.507 e. The number of aromatic hydroxyl groups is 1. The Morgan fingerprint density at radius 2 is 2.06 bits per heavy atom. The van der Waals surface area contributed by atoms with Gasteiger partial charge in [0.2, 0.25) is 5.88 Å². The summed E-state index contributed by atoms with van der Waals surface area (Å²) in [7, 11) is 1.56. The van der Waals surface area contributed by atoms with E-state index < -0.39 is 0 Å². The van der Waals surface area contributed by atoms with E-state index in [1.54, 1.807) is 50.6 Å². The highest BCUT2D eigenvalue weighted by molar-refractivity contribution is 6.12. The van der Waals surface area contributed by atoms with Crippen molar-refractivity contribution >= 4 is 22.8 Å². The van der Waals surface area contributed by atoms with Gasteiger partial charge in [-0.05, 0) is 61.9 Å². The number of carbonyl (C=O) groups is 1. The van der Waals surface area contributed by atoms with Gasteiger partial charge in [-0.25, -0.2) is 9.97 Å². The highest BCUT2D eigenvalue weighted by Gasteiger charge is 2.16. The van der Waals surface area contributed by atoms with E-state index in [1.165, 1.54) is 6.20 Å². The van der Waals surface area contributed by atoms with E-state index in [-0.39, 0.29) is 11.7 Å². The number of imidazole rings is 1. The lowest BCUT2D eigenvalue weighted by Crippen LogP contribution is -2.31. The second-order valence-electron chi connectivity index (χ2n) is 7.74. The van der Waals surface area contributed by atoms with Crippen LogP contribution in [0.15, 0.2) is 71.5 Å². The molecule has 0 radical (unpaired) electrons. The predicted molar refractivity (Wildman–Crippen MR) is 136 cm³/mol. The molecule has 0 bridgehead atoms. The van der Waals surface area contributed by atoms with Crippen molar-refractivity contribution in [1.82, 2.24) is 20.3 Å². The number of phenolic OH excluding ortho intramolecular Hbond substituents is 1. The van der Waals surface area contributed by atoms with Crippen LogP contribution >= 0.6 is 0 Å². The van der Waals surface area contributed by atoms with Gasteiger partial charge in [0.1, 0.15) is 17.4 Å². The van der Waals surface area contributed by atoms with Gasteiger partial charge in [-0.1, -0.05) is 6.07 Å². The molecular formula is C26H26N6O3. The number of H-pyrrole nitrogens is 1. The Morgan fingerprint density at radius 3 is 2.80 bits per heavy atom. The number of nitrogens with one attached hydrogen (secondary N) is 2. The first kappa shape index (κ1) is 23.5. The summed E-state index contributed by atoms with van der Waals surface area (Å²) in [6.07, 6.45) is 3.06. The summed E-state index contributed by atoms with van der Waals surface area (Å²) < 4.78 is 5.37. The molecule has 0 unspecified atom stereocenters. The highest BCUT2D eigenvalue weighted by atomic mass is 16.5. The second kappa shape index (κ2) is 10.1. The van der Waals surface area contributed by atoms with Crippen molar-refractivity contribution in [3.05, 3.63) is 72.1 Å². The fourth-order valence-electron chi connectivity index (χ4n) is 3.62. The van der Waals surface area contributed by atoms with E-state index in [0.717, 1.165) is 11.1 Å². The van der Waals surface area contributed by atoms with Crippen LogP contribution in [0.2, 0.25) is 0 Å². The Kier molecular flexibility index (Phi) is 6.77. The fourth-order valence-corrected chi connectivity index (χ4v) is 3.62. The molecule has 1 amide bonds. The summed E-state index contributed by atoms with van der Waals surface area (Å²) in [5.74, 6) is 1.13. The third-order valence-electron chi connectivity index (χ3n) is 5.44. The SMILES string of the molecule is CCN=C(NC(=O)c1ccc2nc(-c3cc(-c4cccnc4OC)ccc3O)[nH]c2c1)C(C)=CN. The number of aliphatic imine (C=N–C) groups is 1. The van der Waals surface area contributed by atoms with Gasteiger partial charge in [-0.2, -0.15) is 0 Å². The van der Waals surface area contributed by atoms with Crippen molar-refractivity contribution in [3.63, 3.8) is 0 Å². The van der Waals surface area contributed by atoms with Gasteiger partial charge in [-0.3, -0.25) is 9.79 Å². The topological polar surface area (TPSA) is 139 Å². The van der Waals surface area contributed by atoms with Gasteiger partial charge < -0.3 is 25.9 Å². The molecule has 0 spiro atoms. The maximum atomic E-state index is 12.8. The van der Waals surface area contributed by atoms with Crippen LogP contribution in [0.5, 0.6) is 11.6 Å². The van der Waals surface area contributed by atoms with Crippen LogP contribution in [-0.2, 0) is 0 Å². The van der Waals surface area contributed by atoms with Crippen LogP contribution in [0.3, 0.4) is 0 Å². The number of phenols is 1. The lowest BCUT2D eigenvalue weighted by molar-refractivity contribution is 0.0977. The summed E-state index contributed by atoms with van der Waals surface area (Å²) in [5.41, 5.74) is 10.1. The molecule has 0 atom stereocenters. The number of aromatic nitrogens is 3. The van der Waals surface area contributed by atoms with Crippen LogP contribution in [0, 0.1) is 0 Å². The number of hydrogen-bond acceptors (Lipinski definition) is 7. The van der Waals surface area contributed by atoms with E-state index in [1.807, 2.05) is 25.1 Å². The zero-order valence-electron chi connectivity index (χ0n) is 19.7. The first-order chi connectivity index (χ1) is 16.9. The van der Waals surface area contributed by atoms with E-state index in [9.17, 15) is 9.90 Å². The number of rotatable bonds is 6. The lowest BCUT2D eigenvalue weighted by atomic mass is 10.0. The number of carbonyl (C=O) groups excluding carboxylic acids is 1. The molecule has 4 rings (SSSR count). The molecule has 0 aliphatic carbocycles. The maximum absolute atomic E-state index is 12.8. The summed E-state index contributed by atoms with van der Waals surface area (Å²) >= 11 is 0. The molecule has 0 saturated carbocycles. The standard InChI is InChI=1S/C26H26N6O3/c1-4-28-23(15(2)14-27)32-25(34)17-7-9-20-21(13-17)31-24(30-20)19-12-16(8-10-22(19)33)18-6-5-11-29-26(18)35-3/h5-14,33H,4,27H2,1-3H3,(H,30,31)(H,28,32,34). The maximum Gasteiger partial charge on any atom is 0.256 e. The van der Waals surface area contributed by atoms with E-state index in [4.69, 9.17) is 10.5 Å². The zero-order valence-corrected chi connectivity index (χ0v) is 19.7. The van der Waals surface area contributed by atoms with Crippen LogP contribution < -0.4 is 15.8 Å². The number of ether oxygens (including phenoxy) is 1. The first-order valence-electron chi connectivity index (χ1n) is 11.0. The van der Waals surface area contributed by atoms with Crippen molar-refractivity contribution in [3.8, 4) is 34.1 Å². The van der Waals surface area contributed by atoms with Gasteiger partial charge in [0.05, 0.1) is 23.7 Å². The molecule has 4 aromatic rings. The normalized spacial score (nSPS) is 12.1. The number of amides is 1. The molecule has 2 aromatic carbocycles. The molecule has 0 fully saturated rings. The van der Waals surface area contributed by atoms with Crippen LogP contribution in [-0.4, -0.2) is 45.5 Å². The molecule has 0 aliphatic heterocycles. The number of pyridine rings is 1. The molecular weight excluding hydrogens is 444 g/mol. The Hall–Kier alpha value is -4.66. The minimum atomic E-state index is -0.315. The van der Waals surface area contributed by atoms with Gasteiger partial charge in [-0.15, -0.1) is 0 Å². The first-order valence-corrected chi connectivity index (χ1v) is 11.0. The zero-order chi connectivity index (χ0) is 24.9.